The number of hydrogen-bond donors (Lipinski definition) is 5. The Morgan fingerprint density at radius 2 is 1.74 bits per heavy atom. The molecule has 2 aromatic carbocycles. The van der Waals surface area contributed by atoms with Gasteiger partial charge in [-0.15, -0.1) is 0 Å². The van der Waals surface area contributed by atoms with E-state index in [0.29, 0.717) is 5.56 Å². The number of fused-ring (bicyclic) bond motifs is 1. The van der Waals surface area contributed by atoms with Crippen LogP contribution in [0, 0.1) is 0 Å². The second kappa shape index (κ2) is 7.82. The molecule has 1 aromatic heterocycles. The van der Waals surface area contributed by atoms with E-state index in [1.54, 1.807) is 0 Å². The van der Waals surface area contributed by atoms with Crippen LogP contribution in [0.4, 0.5) is 0 Å². The summed E-state index contributed by atoms with van der Waals surface area (Å²) in [5.41, 5.74) is -0.249. The Bertz CT molecular complexity index is 1200. The molecular formula is C21H18O10. The SMILES string of the molecule is O=C(O)[C@@H]1C[C@H](O)C[C@H](Oc2cc3oc(-c4ccc(O)cc4)cc(=O)c3c(O)c2O)O1. The number of benzene rings is 2. The summed E-state index contributed by atoms with van der Waals surface area (Å²) in [4.78, 5) is 23.7. The molecule has 10 nitrogen and oxygen atoms in total. The predicted octanol–water partition coefficient (Wildman–Crippen LogP) is 1.91. The maximum absolute atomic E-state index is 12.5. The number of carboxylic acids is 1. The van der Waals surface area contributed by atoms with Gasteiger partial charge >= 0.3 is 5.97 Å². The summed E-state index contributed by atoms with van der Waals surface area (Å²) in [6, 6.07) is 8.17. The fraction of sp³-hybridized carbons (Fsp3) is 0.238. The van der Waals surface area contributed by atoms with Gasteiger partial charge in [0.1, 0.15) is 22.5 Å². The molecule has 3 atom stereocenters. The van der Waals surface area contributed by atoms with Crippen molar-refractivity contribution in [2.24, 2.45) is 0 Å². The van der Waals surface area contributed by atoms with Gasteiger partial charge in [0, 0.05) is 30.5 Å². The van der Waals surface area contributed by atoms with Crippen LogP contribution in [-0.4, -0.2) is 50.0 Å². The van der Waals surface area contributed by atoms with Crippen LogP contribution in [-0.2, 0) is 9.53 Å². The number of carbonyl (C=O) groups is 1. The van der Waals surface area contributed by atoms with Gasteiger partial charge in [0.2, 0.25) is 12.0 Å². The molecule has 4 rings (SSSR count). The number of aliphatic carboxylic acids is 1. The Kier molecular flexibility index (Phi) is 5.17. The minimum atomic E-state index is -1.30. The van der Waals surface area contributed by atoms with Gasteiger partial charge in [0.25, 0.3) is 0 Å². The van der Waals surface area contributed by atoms with Crippen LogP contribution >= 0.6 is 0 Å². The second-order valence-electron chi connectivity index (χ2n) is 7.10. The molecule has 0 aliphatic carbocycles. The number of aromatic hydroxyl groups is 3. The molecule has 0 bridgehead atoms. The minimum Gasteiger partial charge on any atom is -0.508 e. The Hall–Kier alpha value is -3.76. The van der Waals surface area contributed by atoms with E-state index in [1.807, 2.05) is 0 Å². The molecule has 31 heavy (non-hydrogen) atoms. The van der Waals surface area contributed by atoms with Crippen molar-refractivity contribution in [2.75, 3.05) is 0 Å². The van der Waals surface area contributed by atoms with Gasteiger partial charge in [0.15, 0.2) is 23.0 Å². The molecule has 1 saturated heterocycles. The molecule has 0 unspecified atom stereocenters. The standard InChI is InChI=1S/C21H18O10/c22-10-3-1-9(2-4-10)13-7-12(24)18-14(29-13)8-15(19(25)20(18)26)30-17-6-11(23)5-16(31-17)21(27)28/h1-4,7-8,11,16-17,22-23,25-26H,5-6H2,(H,27,28)/t11-,16-,17+/m0/s1. The second-order valence-corrected chi connectivity index (χ2v) is 7.10. The van der Waals surface area contributed by atoms with E-state index in [0.717, 1.165) is 12.1 Å². The van der Waals surface area contributed by atoms with Crippen LogP contribution in [0.5, 0.6) is 23.0 Å². The number of carboxylic acid groups (broad SMARTS) is 1. The highest BCUT2D eigenvalue weighted by Gasteiger charge is 2.34. The van der Waals surface area contributed by atoms with E-state index < -0.39 is 41.4 Å². The zero-order valence-corrected chi connectivity index (χ0v) is 15.9. The van der Waals surface area contributed by atoms with Crippen molar-refractivity contribution < 1.29 is 44.2 Å². The Morgan fingerprint density at radius 1 is 1.03 bits per heavy atom. The average molecular weight is 430 g/mol. The van der Waals surface area contributed by atoms with Crippen molar-refractivity contribution in [2.45, 2.75) is 31.3 Å². The molecule has 0 saturated carbocycles. The number of ether oxygens (including phenoxy) is 2. The lowest BCUT2D eigenvalue weighted by Crippen LogP contribution is -2.42. The molecule has 0 spiro atoms. The van der Waals surface area contributed by atoms with Gasteiger partial charge in [-0.3, -0.25) is 4.79 Å². The lowest BCUT2D eigenvalue weighted by atomic mass is 10.1. The summed E-state index contributed by atoms with van der Waals surface area (Å²) in [5.74, 6) is -2.96. The highest BCUT2D eigenvalue weighted by Crippen LogP contribution is 2.42. The molecular weight excluding hydrogens is 412 g/mol. The van der Waals surface area contributed by atoms with E-state index in [-0.39, 0.29) is 41.1 Å². The summed E-state index contributed by atoms with van der Waals surface area (Å²) in [6.07, 6.45) is -3.72. The van der Waals surface area contributed by atoms with E-state index in [1.165, 1.54) is 24.3 Å². The van der Waals surface area contributed by atoms with Crippen LogP contribution in [0.25, 0.3) is 22.3 Å². The molecule has 1 aliphatic rings. The van der Waals surface area contributed by atoms with E-state index in [2.05, 4.69) is 0 Å². The van der Waals surface area contributed by atoms with Crippen molar-refractivity contribution in [1.82, 2.24) is 0 Å². The number of aliphatic hydroxyl groups is 1. The molecule has 0 radical (unpaired) electrons. The minimum absolute atomic E-state index is 0.0273. The Labute approximate surface area is 174 Å². The number of phenolic OH excluding ortho intramolecular Hbond substituents is 3. The van der Waals surface area contributed by atoms with Crippen molar-refractivity contribution in [3.05, 3.63) is 46.6 Å². The lowest BCUT2D eigenvalue weighted by molar-refractivity contribution is -0.195. The van der Waals surface area contributed by atoms with Crippen molar-refractivity contribution in [1.29, 1.82) is 0 Å². The van der Waals surface area contributed by atoms with Crippen LogP contribution in [0.1, 0.15) is 12.8 Å². The third-order valence-corrected chi connectivity index (χ3v) is 4.88. The first kappa shape index (κ1) is 20.5. The lowest BCUT2D eigenvalue weighted by Gasteiger charge is -2.31. The van der Waals surface area contributed by atoms with Crippen molar-refractivity contribution in [3.8, 4) is 34.3 Å². The summed E-state index contributed by atoms with van der Waals surface area (Å²) >= 11 is 0. The summed E-state index contributed by atoms with van der Waals surface area (Å²) in [5, 5.41) is 48.8. The highest BCUT2D eigenvalue weighted by molar-refractivity contribution is 5.89. The van der Waals surface area contributed by atoms with Gasteiger partial charge in [-0.1, -0.05) is 0 Å². The van der Waals surface area contributed by atoms with Crippen molar-refractivity contribution >= 4 is 16.9 Å². The first-order valence-corrected chi connectivity index (χ1v) is 9.28. The first-order chi connectivity index (χ1) is 14.7. The van der Waals surface area contributed by atoms with Gasteiger partial charge in [0.05, 0.1) is 6.10 Å². The summed E-state index contributed by atoms with van der Waals surface area (Å²) < 4.78 is 16.4. The average Bonchev–Trinajstić information content (AvgIpc) is 2.71. The van der Waals surface area contributed by atoms with Crippen LogP contribution < -0.4 is 10.2 Å². The predicted molar refractivity (Wildman–Crippen MR) is 105 cm³/mol. The summed E-state index contributed by atoms with van der Waals surface area (Å²) in [6.45, 7) is 0. The maximum Gasteiger partial charge on any atom is 0.333 e. The van der Waals surface area contributed by atoms with Gasteiger partial charge < -0.3 is 39.4 Å². The quantitative estimate of drug-likeness (QED) is 0.386. The number of hydrogen-bond acceptors (Lipinski definition) is 9. The molecule has 1 fully saturated rings. The molecule has 5 N–H and O–H groups in total. The fourth-order valence-corrected chi connectivity index (χ4v) is 3.36. The Morgan fingerprint density at radius 3 is 2.42 bits per heavy atom. The van der Waals surface area contributed by atoms with Crippen LogP contribution in [0.15, 0.2) is 45.6 Å². The smallest absolute Gasteiger partial charge is 0.333 e. The molecule has 162 valence electrons. The molecule has 2 heterocycles. The van der Waals surface area contributed by atoms with Crippen molar-refractivity contribution in [3.63, 3.8) is 0 Å². The van der Waals surface area contributed by atoms with Gasteiger partial charge in [-0.25, -0.2) is 4.79 Å². The van der Waals surface area contributed by atoms with E-state index in [9.17, 15) is 30.0 Å². The topological polar surface area (TPSA) is 167 Å². The normalized spacial score (nSPS) is 21.1. The fourth-order valence-electron chi connectivity index (χ4n) is 3.36. The molecule has 10 heteroatoms. The molecule has 3 aromatic rings. The highest BCUT2D eigenvalue weighted by atomic mass is 16.7. The van der Waals surface area contributed by atoms with Crippen LogP contribution in [0.2, 0.25) is 0 Å². The van der Waals surface area contributed by atoms with E-state index in [4.69, 9.17) is 19.0 Å². The zero-order valence-electron chi connectivity index (χ0n) is 15.9. The number of aliphatic hydroxyl groups excluding tert-OH is 1. The molecule has 1 aliphatic heterocycles. The number of rotatable bonds is 4. The number of phenols is 3. The zero-order chi connectivity index (χ0) is 22.3. The maximum atomic E-state index is 12.5. The van der Waals surface area contributed by atoms with E-state index >= 15 is 0 Å². The van der Waals surface area contributed by atoms with Crippen LogP contribution in [0.3, 0.4) is 0 Å². The first-order valence-electron chi connectivity index (χ1n) is 9.28. The van der Waals surface area contributed by atoms with Gasteiger partial charge in [-0.2, -0.15) is 0 Å². The summed E-state index contributed by atoms with van der Waals surface area (Å²) in [7, 11) is 0. The molecule has 0 amide bonds. The monoisotopic (exact) mass is 430 g/mol. The third kappa shape index (κ3) is 3.98. The third-order valence-electron chi connectivity index (χ3n) is 4.88. The van der Waals surface area contributed by atoms with Gasteiger partial charge in [-0.05, 0) is 24.3 Å². The largest absolute Gasteiger partial charge is 0.508 e. The Balaban J connectivity index is 1.74.